The zero-order valence-corrected chi connectivity index (χ0v) is 10.7. The van der Waals surface area contributed by atoms with Gasteiger partial charge in [-0.1, -0.05) is 13.8 Å². The van der Waals surface area contributed by atoms with Gasteiger partial charge in [0.25, 0.3) is 5.91 Å². The van der Waals surface area contributed by atoms with E-state index in [0.29, 0.717) is 11.6 Å². The summed E-state index contributed by atoms with van der Waals surface area (Å²) >= 11 is 0. The minimum atomic E-state index is -0.587. The molecule has 8 heteroatoms. The largest absolute Gasteiger partial charge is 0.364 e. The summed E-state index contributed by atoms with van der Waals surface area (Å²) in [6.45, 7) is 3.98. The number of carbonyl (C=O) groups excluding carboxylic acids is 1. The zero-order chi connectivity index (χ0) is 14.0. The van der Waals surface area contributed by atoms with Crippen molar-refractivity contribution in [3.8, 4) is 5.82 Å². The van der Waals surface area contributed by atoms with E-state index in [4.69, 9.17) is 11.6 Å². The number of nitrogens with zero attached hydrogens (tertiary/aromatic N) is 4. The summed E-state index contributed by atoms with van der Waals surface area (Å²) < 4.78 is 1.48. The maximum absolute atomic E-state index is 11.1. The van der Waals surface area contributed by atoms with Crippen LogP contribution in [0.1, 0.15) is 35.8 Å². The van der Waals surface area contributed by atoms with Crippen molar-refractivity contribution in [3.05, 3.63) is 29.8 Å². The number of primary amides is 1. The summed E-state index contributed by atoms with van der Waals surface area (Å²) in [5.74, 6) is 6.07. The molecule has 0 spiro atoms. The molecule has 2 rings (SSSR count). The number of hydrogen-bond acceptors (Lipinski definition) is 6. The number of rotatable bonds is 4. The Morgan fingerprint density at radius 1 is 1.42 bits per heavy atom. The predicted octanol–water partition coefficient (Wildman–Crippen LogP) is 0.170. The lowest BCUT2D eigenvalue weighted by Crippen LogP contribution is -2.16. The van der Waals surface area contributed by atoms with E-state index < -0.39 is 5.91 Å². The Bertz CT molecular complexity index is 605. The Balaban J connectivity index is 2.57. The highest BCUT2D eigenvalue weighted by Crippen LogP contribution is 2.26. The number of aromatic nitrogens is 4. The van der Waals surface area contributed by atoms with Gasteiger partial charge in [0, 0.05) is 11.8 Å². The van der Waals surface area contributed by atoms with E-state index in [9.17, 15) is 4.79 Å². The minimum Gasteiger partial charge on any atom is -0.364 e. The SMILES string of the molecule is CC(C)c1c(NN)ncnc1-n1ccc(C(N)=O)n1. The van der Waals surface area contributed by atoms with Gasteiger partial charge in [-0.15, -0.1) is 0 Å². The summed E-state index contributed by atoms with van der Waals surface area (Å²) in [7, 11) is 0. The number of nitrogen functional groups attached to an aromatic ring is 1. The fourth-order valence-electron chi connectivity index (χ4n) is 1.79. The van der Waals surface area contributed by atoms with E-state index >= 15 is 0 Å². The molecule has 2 aromatic rings. The second-order valence-corrected chi connectivity index (χ2v) is 4.27. The van der Waals surface area contributed by atoms with Crippen molar-refractivity contribution < 1.29 is 4.79 Å². The van der Waals surface area contributed by atoms with Crippen LogP contribution >= 0.6 is 0 Å². The van der Waals surface area contributed by atoms with Gasteiger partial charge in [-0.05, 0) is 12.0 Å². The number of carbonyl (C=O) groups is 1. The van der Waals surface area contributed by atoms with Crippen LogP contribution in [0.4, 0.5) is 5.82 Å². The Morgan fingerprint density at radius 2 is 2.16 bits per heavy atom. The van der Waals surface area contributed by atoms with Crippen LogP contribution in [0.2, 0.25) is 0 Å². The van der Waals surface area contributed by atoms with Crippen molar-refractivity contribution in [2.24, 2.45) is 11.6 Å². The third kappa shape index (κ3) is 2.38. The molecule has 0 unspecified atom stereocenters. The highest BCUT2D eigenvalue weighted by atomic mass is 16.1. The Morgan fingerprint density at radius 3 is 2.68 bits per heavy atom. The van der Waals surface area contributed by atoms with Crippen molar-refractivity contribution >= 4 is 11.7 Å². The Labute approximate surface area is 109 Å². The van der Waals surface area contributed by atoms with Crippen LogP contribution in [-0.2, 0) is 0 Å². The van der Waals surface area contributed by atoms with Crippen LogP contribution in [0.15, 0.2) is 18.6 Å². The molecule has 0 aliphatic heterocycles. The van der Waals surface area contributed by atoms with Crippen LogP contribution in [0.3, 0.4) is 0 Å². The third-order valence-corrected chi connectivity index (χ3v) is 2.64. The number of nitrogens with two attached hydrogens (primary N) is 2. The Hall–Kier alpha value is -2.48. The van der Waals surface area contributed by atoms with Gasteiger partial charge in [0.2, 0.25) is 0 Å². The maximum Gasteiger partial charge on any atom is 0.269 e. The normalized spacial score (nSPS) is 10.7. The van der Waals surface area contributed by atoms with Crippen LogP contribution < -0.4 is 17.0 Å². The molecule has 0 fully saturated rings. The van der Waals surface area contributed by atoms with Gasteiger partial charge in [0.1, 0.15) is 17.8 Å². The van der Waals surface area contributed by atoms with Crippen molar-refractivity contribution in [2.45, 2.75) is 19.8 Å². The first-order chi connectivity index (χ1) is 9.04. The van der Waals surface area contributed by atoms with Crippen molar-refractivity contribution in [2.75, 3.05) is 5.43 Å². The molecule has 2 heterocycles. The second kappa shape index (κ2) is 5.02. The molecule has 19 heavy (non-hydrogen) atoms. The lowest BCUT2D eigenvalue weighted by Gasteiger charge is -2.14. The number of amides is 1. The fraction of sp³-hybridized carbons (Fsp3) is 0.273. The van der Waals surface area contributed by atoms with Gasteiger partial charge in [0.05, 0.1) is 0 Å². The molecule has 1 amide bonds. The number of hydrazine groups is 1. The van der Waals surface area contributed by atoms with E-state index in [1.165, 1.54) is 17.1 Å². The smallest absolute Gasteiger partial charge is 0.269 e. The lowest BCUT2D eigenvalue weighted by molar-refractivity contribution is 0.0995. The Kier molecular flexibility index (Phi) is 3.43. The first kappa shape index (κ1) is 13.0. The van der Waals surface area contributed by atoms with Crippen LogP contribution in [-0.4, -0.2) is 25.7 Å². The molecule has 100 valence electrons. The fourth-order valence-corrected chi connectivity index (χ4v) is 1.79. The van der Waals surface area contributed by atoms with Gasteiger partial charge in [-0.3, -0.25) is 4.79 Å². The quantitative estimate of drug-likeness (QED) is 0.532. The topological polar surface area (TPSA) is 125 Å². The standard InChI is InChI=1S/C11H15N7O/c1-6(2)8-10(16-13)14-5-15-11(8)18-4-3-7(17-18)9(12)19/h3-6H,13H2,1-2H3,(H2,12,19)(H,14,15,16). The molecular formula is C11H15N7O. The van der Waals surface area contributed by atoms with E-state index in [1.54, 1.807) is 6.20 Å². The number of hydrogen-bond donors (Lipinski definition) is 3. The zero-order valence-electron chi connectivity index (χ0n) is 10.7. The molecule has 5 N–H and O–H groups in total. The van der Waals surface area contributed by atoms with E-state index in [0.717, 1.165) is 5.56 Å². The summed E-state index contributed by atoms with van der Waals surface area (Å²) in [5, 5.41) is 4.08. The van der Waals surface area contributed by atoms with Gasteiger partial charge in [0.15, 0.2) is 5.82 Å². The third-order valence-electron chi connectivity index (χ3n) is 2.64. The molecular weight excluding hydrogens is 246 g/mol. The molecule has 0 aliphatic rings. The van der Waals surface area contributed by atoms with Gasteiger partial charge >= 0.3 is 0 Å². The average Bonchev–Trinajstić information content (AvgIpc) is 2.87. The van der Waals surface area contributed by atoms with Crippen LogP contribution in [0, 0.1) is 0 Å². The molecule has 0 bridgehead atoms. The first-order valence-electron chi connectivity index (χ1n) is 5.72. The number of nitrogens with one attached hydrogen (secondary N) is 1. The maximum atomic E-state index is 11.1. The molecule has 2 aromatic heterocycles. The van der Waals surface area contributed by atoms with Gasteiger partial charge < -0.3 is 11.2 Å². The molecule has 0 saturated carbocycles. The van der Waals surface area contributed by atoms with Gasteiger partial charge in [-0.25, -0.2) is 20.5 Å². The summed E-state index contributed by atoms with van der Waals surface area (Å²) in [6.07, 6.45) is 3.00. The summed E-state index contributed by atoms with van der Waals surface area (Å²) in [6, 6.07) is 1.53. The lowest BCUT2D eigenvalue weighted by atomic mass is 10.0. The van der Waals surface area contributed by atoms with E-state index in [-0.39, 0.29) is 11.6 Å². The van der Waals surface area contributed by atoms with Crippen molar-refractivity contribution in [3.63, 3.8) is 0 Å². The van der Waals surface area contributed by atoms with Crippen LogP contribution in [0.25, 0.3) is 5.82 Å². The van der Waals surface area contributed by atoms with Gasteiger partial charge in [-0.2, -0.15) is 5.10 Å². The van der Waals surface area contributed by atoms with Crippen LogP contribution in [0.5, 0.6) is 0 Å². The highest BCUT2D eigenvalue weighted by Gasteiger charge is 2.17. The molecule has 0 saturated heterocycles. The molecule has 8 nitrogen and oxygen atoms in total. The first-order valence-corrected chi connectivity index (χ1v) is 5.72. The van der Waals surface area contributed by atoms with Crippen molar-refractivity contribution in [1.82, 2.24) is 19.7 Å². The monoisotopic (exact) mass is 261 g/mol. The summed E-state index contributed by atoms with van der Waals surface area (Å²) in [4.78, 5) is 19.3. The molecule has 0 atom stereocenters. The molecule has 0 aromatic carbocycles. The predicted molar refractivity (Wildman–Crippen MR) is 69.6 cm³/mol. The minimum absolute atomic E-state index is 0.128. The second-order valence-electron chi connectivity index (χ2n) is 4.27. The summed E-state index contributed by atoms with van der Waals surface area (Å²) in [5.41, 5.74) is 8.70. The average molecular weight is 261 g/mol. The molecule has 0 aliphatic carbocycles. The highest BCUT2D eigenvalue weighted by molar-refractivity contribution is 5.90. The molecule has 0 radical (unpaired) electrons. The van der Waals surface area contributed by atoms with E-state index in [1.807, 2.05) is 13.8 Å². The van der Waals surface area contributed by atoms with Crippen molar-refractivity contribution in [1.29, 1.82) is 0 Å². The number of anilines is 1. The van der Waals surface area contributed by atoms with E-state index in [2.05, 4.69) is 20.5 Å².